The lowest BCUT2D eigenvalue weighted by Gasteiger charge is -2.35. The molecule has 0 aromatic heterocycles. The number of unbranched alkanes of at least 4 members (excludes halogenated alkanes) is 12. The average molecular weight is 421 g/mol. The molecule has 0 bridgehead atoms. The molecule has 172 valence electrons. The molecule has 0 unspecified atom stereocenters. The second-order valence-electron chi connectivity index (χ2n) is 9.56. The summed E-state index contributed by atoms with van der Waals surface area (Å²) < 4.78 is 0. The minimum atomic E-state index is 0.176. The van der Waals surface area contributed by atoms with Crippen molar-refractivity contribution in [2.24, 2.45) is 0 Å². The van der Waals surface area contributed by atoms with E-state index in [9.17, 15) is 0 Å². The minimum Gasteiger partial charge on any atom is -0.0654 e. The summed E-state index contributed by atoms with van der Waals surface area (Å²) in [5.41, 5.74) is 3.18. The molecule has 2 rings (SSSR count). The highest BCUT2D eigenvalue weighted by Crippen LogP contribution is 2.41. The second-order valence-corrected chi connectivity index (χ2v) is 9.56. The quantitative estimate of drug-likeness (QED) is 0.210. The van der Waals surface area contributed by atoms with Crippen LogP contribution in [0.4, 0.5) is 0 Å². The monoisotopic (exact) mass is 420 g/mol. The van der Waals surface area contributed by atoms with Crippen LogP contribution in [0.25, 0.3) is 0 Å². The summed E-state index contributed by atoms with van der Waals surface area (Å²) in [6.07, 6.45) is 22.2. The first-order chi connectivity index (χ1) is 15.3. The summed E-state index contributed by atoms with van der Waals surface area (Å²) in [6, 6.07) is 22.6. The molecular weight excluding hydrogens is 372 g/mol. The van der Waals surface area contributed by atoms with Gasteiger partial charge in [-0.3, -0.25) is 0 Å². The molecule has 0 N–H and O–H groups in total. The largest absolute Gasteiger partial charge is 0.0654 e. The number of rotatable bonds is 18. The molecule has 0 fully saturated rings. The molecule has 2 aromatic rings. The third kappa shape index (κ3) is 9.22. The van der Waals surface area contributed by atoms with Crippen LogP contribution in [-0.4, -0.2) is 0 Å². The summed E-state index contributed by atoms with van der Waals surface area (Å²) in [4.78, 5) is 0. The Labute approximate surface area is 193 Å². The van der Waals surface area contributed by atoms with Crippen LogP contribution in [0.3, 0.4) is 0 Å². The standard InChI is InChI=1S/C31H48/c1-3-5-6-7-8-9-10-11-12-13-14-15-22-28-31(27-4-2,29-23-18-16-19-24-29)30-25-20-17-21-26-30/h16-21,23-26H,3-15,22,27-28H2,1-2H3. The van der Waals surface area contributed by atoms with Crippen LogP contribution in [0.2, 0.25) is 0 Å². The van der Waals surface area contributed by atoms with E-state index in [-0.39, 0.29) is 5.41 Å². The highest BCUT2D eigenvalue weighted by Gasteiger charge is 2.32. The van der Waals surface area contributed by atoms with Crippen molar-refractivity contribution < 1.29 is 0 Å². The van der Waals surface area contributed by atoms with E-state index in [0.29, 0.717) is 0 Å². The topological polar surface area (TPSA) is 0 Å². The summed E-state index contributed by atoms with van der Waals surface area (Å²) >= 11 is 0. The van der Waals surface area contributed by atoms with Crippen LogP contribution < -0.4 is 0 Å². The van der Waals surface area contributed by atoms with Gasteiger partial charge in [-0.25, -0.2) is 0 Å². The second kappa shape index (κ2) is 16.1. The van der Waals surface area contributed by atoms with Gasteiger partial charge in [-0.15, -0.1) is 0 Å². The van der Waals surface area contributed by atoms with Gasteiger partial charge >= 0.3 is 0 Å². The van der Waals surface area contributed by atoms with Crippen molar-refractivity contribution in [3.05, 3.63) is 71.8 Å². The lowest BCUT2D eigenvalue weighted by Crippen LogP contribution is -2.27. The fourth-order valence-electron chi connectivity index (χ4n) is 5.25. The van der Waals surface area contributed by atoms with Crippen LogP contribution in [-0.2, 0) is 5.41 Å². The summed E-state index contributed by atoms with van der Waals surface area (Å²) in [7, 11) is 0. The highest BCUT2D eigenvalue weighted by molar-refractivity contribution is 5.39. The molecular formula is C31H48. The fourth-order valence-corrected chi connectivity index (χ4v) is 5.25. The van der Waals surface area contributed by atoms with E-state index in [1.165, 1.54) is 114 Å². The van der Waals surface area contributed by atoms with Crippen molar-refractivity contribution in [2.45, 2.75) is 122 Å². The Morgan fingerprint density at radius 2 is 0.806 bits per heavy atom. The van der Waals surface area contributed by atoms with Gasteiger partial charge in [-0.1, -0.05) is 164 Å². The molecule has 0 saturated heterocycles. The predicted molar refractivity (Wildman–Crippen MR) is 139 cm³/mol. The third-order valence-electron chi connectivity index (χ3n) is 7.04. The zero-order valence-corrected chi connectivity index (χ0v) is 20.6. The maximum Gasteiger partial charge on any atom is 0.0202 e. The number of hydrogen-bond acceptors (Lipinski definition) is 0. The Bertz CT molecular complexity index is 603. The van der Waals surface area contributed by atoms with Crippen molar-refractivity contribution in [2.75, 3.05) is 0 Å². The molecule has 0 amide bonds. The van der Waals surface area contributed by atoms with Gasteiger partial charge in [0.1, 0.15) is 0 Å². The van der Waals surface area contributed by atoms with Gasteiger partial charge in [0.25, 0.3) is 0 Å². The average Bonchev–Trinajstić information content (AvgIpc) is 2.82. The van der Waals surface area contributed by atoms with E-state index in [0.717, 1.165) is 0 Å². The Hall–Kier alpha value is -1.56. The lowest BCUT2D eigenvalue weighted by molar-refractivity contribution is 0.405. The van der Waals surface area contributed by atoms with Gasteiger partial charge in [-0.2, -0.15) is 0 Å². The van der Waals surface area contributed by atoms with Gasteiger partial charge in [0, 0.05) is 5.41 Å². The highest BCUT2D eigenvalue weighted by atomic mass is 14.4. The van der Waals surface area contributed by atoms with Crippen molar-refractivity contribution in [1.82, 2.24) is 0 Å². The Morgan fingerprint density at radius 1 is 0.419 bits per heavy atom. The molecule has 2 aromatic carbocycles. The van der Waals surface area contributed by atoms with E-state index in [4.69, 9.17) is 0 Å². The summed E-state index contributed by atoms with van der Waals surface area (Å²) in [6.45, 7) is 4.64. The summed E-state index contributed by atoms with van der Waals surface area (Å²) in [5.74, 6) is 0. The molecule has 0 aliphatic heterocycles. The van der Waals surface area contributed by atoms with Gasteiger partial charge in [-0.05, 0) is 24.0 Å². The molecule has 0 atom stereocenters. The zero-order chi connectivity index (χ0) is 22.0. The van der Waals surface area contributed by atoms with Crippen LogP contribution in [0, 0.1) is 0 Å². The number of hydrogen-bond donors (Lipinski definition) is 0. The van der Waals surface area contributed by atoms with Gasteiger partial charge in [0.05, 0.1) is 0 Å². The van der Waals surface area contributed by atoms with Crippen molar-refractivity contribution in [3.63, 3.8) is 0 Å². The summed E-state index contributed by atoms with van der Waals surface area (Å²) in [5, 5.41) is 0. The van der Waals surface area contributed by atoms with Crippen molar-refractivity contribution in [1.29, 1.82) is 0 Å². The molecule has 0 radical (unpaired) electrons. The third-order valence-corrected chi connectivity index (χ3v) is 7.04. The first-order valence-electron chi connectivity index (χ1n) is 13.4. The normalized spacial score (nSPS) is 11.7. The van der Waals surface area contributed by atoms with Crippen molar-refractivity contribution in [3.8, 4) is 0 Å². The van der Waals surface area contributed by atoms with Gasteiger partial charge in [0.2, 0.25) is 0 Å². The van der Waals surface area contributed by atoms with E-state index >= 15 is 0 Å². The first-order valence-corrected chi connectivity index (χ1v) is 13.4. The first kappa shape index (κ1) is 25.7. The zero-order valence-electron chi connectivity index (χ0n) is 20.6. The molecule has 0 heteroatoms. The molecule has 0 aliphatic carbocycles. The van der Waals surface area contributed by atoms with Crippen LogP contribution in [0.1, 0.15) is 128 Å². The molecule has 0 aliphatic rings. The smallest absolute Gasteiger partial charge is 0.0202 e. The van der Waals surface area contributed by atoms with Crippen LogP contribution in [0.5, 0.6) is 0 Å². The van der Waals surface area contributed by atoms with Gasteiger partial charge in [0.15, 0.2) is 0 Å². The van der Waals surface area contributed by atoms with E-state index in [1.54, 1.807) is 0 Å². The minimum absolute atomic E-state index is 0.176. The SMILES string of the molecule is CCCCCCCCCCCCCCCC(CCC)(c1ccccc1)c1ccccc1. The fraction of sp³-hybridized carbons (Fsp3) is 0.613. The Balaban J connectivity index is 1.74. The van der Waals surface area contributed by atoms with Crippen molar-refractivity contribution >= 4 is 0 Å². The van der Waals surface area contributed by atoms with Crippen LogP contribution in [0.15, 0.2) is 60.7 Å². The molecule has 0 heterocycles. The Morgan fingerprint density at radius 3 is 1.19 bits per heavy atom. The maximum atomic E-state index is 2.35. The maximum absolute atomic E-state index is 2.35. The van der Waals surface area contributed by atoms with Gasteiger partial charge < -0.3 is 0 Å². The van der Waals surface area contributed by atoms with Crippen LogP contribution >= 0.6 is 0 Å². The molecule has 0 saturated carbocycles. The van der Waals surface area contributed by atoms with E-state index in [1.807, 2.05) is 0 Å². The predicted octanol–water partition coefficient (Wildman–Crippen LogP) is 10.3. The van der Waals surface area contributed by atoms with E-state index < -0.39 is 0 Å². The molecule has 31 heavy (non-hydrogen) atoms. The lowest BCUT2D eigenvalue weighted by atomic mass is 9.68. The Kier molecular flexibility index (Phi) is 13.4. The molecule has 0 nitrogen and oxygen atoms in total. The molecule has 0 spiro atoms. The van der Waals surface area contributed by atoms with E-state index in [2.05, 4.69) is 74.5 Å². The number of benzene rings is 2.